The maximum absolute atomic E-state index is 12.8. The Kier molecular flexibility index (Phi) is 2.92. The first kappa shape index (κ1) is 13.3. The minimum Gasteiger partial charge on any atom is -0.346 e. The van der Waals surface area contributed by atoms with Crippen LogP contribution in [0.15, 0.2) is 28.0 Å². The smallest absolute Gasteiger partial charge is 0.331 e. The van der Waals surface area contributed by atoms with Crippen LogP contribution in [0.3, 0.4) is 0 Å². The Hall–Kier alpha value is -2.37. The number of rotatable bonds is 1. The van der Waals surface area contributed by atoms with Gasteiger partial charge in [0.1, 0.15) is 5.65 Å². The summed E-state index contributed by atoms with van der Waals surface area (Å²) in [6, 6.07) is 2.05. The third-order valence-corrected chi connectivity index (χ3v) is 4.77. The van der Waals surface area contributed by atoms with Crippen LogP contribution >= 0.6 is 0 Å². The number of nitrogens with one attached hydrogen (secondary N) is 1. The maximum Gasteiger partial charge on any atom is 0.331 e. The number of nitrogens with zero attached hydrogens (tertiary/aromatic N) is 3. The molecule has 1 fully saturated rings. The molecule has 0 bridgehead atoms. The SMILES string of the molecule is Cn1c(=O)c2cnc3[nH]ccc3c2n(C2CCCCC2)c1=O. The van der Waals surface area contributed by atoms with Gasteiger partial charge in [-0.25, -0.2) is 9.78 Å². The molecule has 1 aliphatic rings. The lowest BCUT2D eigenvalue weighted by atomic mass is 9.95. The molecule has 0 spiro atoms. The number of hydrogen-bond donors (Lipinski definition) is 1. The van der Waals surface area contributed by atoms with Gasteiger partial charge in [-0.15, -0.1) is 0 Å². The van der Waals surface area contributed by atoms with Gasteiger partial charge < -0.3 is 4.98 Å². The molecule has 0 aromatic carbocycles. The zero-order valence-corrected chi connectivity index (χ0v) is 12.5. The van der Waals surface area contributed by atoms with Gasteiger partial charge in [-0.3, -0.25) is 13.9 Å². The molecule has 0 unspecified atom stereocenters. The molecule has 3 heterocycles. The molecule has 114 valence electrons. The molecule has 6 nitrogen and oxygen atoms in total. The van der Waals surface area contributed by atoms with E-state index in [9.17, 15) is 9.59 Å². The van der Waals surface area contributed by atoms with E-state index in [4.69, 9.17) is 0 Å². The second-order valence-electron chi connectivity index (χ2n) is 6.07. The Morgan fingerprint density at radius 1 is 1.18 bits per heavy atom. The highest BCUT2D eigenvalue weighted by Crippen LogP contribution is 2.30. The summed E-state index contributed by atoms with van der Waals surface area (Å²) < 4.78 is 3.03. The summed E-state index contributed by atoms with van der Waals surface area (Å²) in [4.78, 5) is 32.6. The molecule has 0 amide bonds. The van der Waals surface area contributed by atoms with Crippen LogP contribution in [0.25, 0.3) is 21.9 Å². The molecule has 0 radical (unpaired) electrons. The Balaban J connectivity index is 2.18. The first-order valence-electron chi connectivity index (χ1n) is 7.76. The molecule has 22 heavy (non-hydrogen) atoms. The van der Waals surface area contributed by atoms with Crippen molar-refractivity contribution in [2.45, 2.75) is 38.1 Å². The summed E-state index contributed by atoms with van der Waals surface area (Å²) in [6.45, 7) is 0. The van der Waals surface area contributed by atoms with E-state index in [1.165, 1.54) is 11.0 Å². The lowest BCUT2D eigenvalue weighted by Crippen LogP contribution is -2.40. The summed E-state index contributed by atoms with van der Waals surface area (Å²) in [5.74, 6) is 0. The quantitative estimate of drug-likeness (QED) is 0.747. The van der Waals surface area contributed by atoms with Crippen LogP contribution < -0.4 is 11.2 Å². The molecule has 0 aliphatic heterocycles. The van der Waals surface area contributed by atoms with Gasteiger partial charge in [-0.1, -0.05) is 19.3 Å². The van der Waals surface area contributed by atoms with Crippen molar-refractivity contribution in [1.82, 2.24) is 19.1 Å². The van der Waals surface area contributed by atoms with Gasteiger partial charge in [0.15, 0.2) is 0 Å². The fourth-order valence-electron chi connectivity index (χ4n) is 3.61. The topological polar surface area (TPSA) is 72.7 Å². The summed E-state index contributed by atoms with van der Waals surface area (Å²) >= 11 is 0. The summed E-state index contributed by atoms with van der Waals surface area (Å²) in [6.07, 6.45) is 8.82. The van der Waals surface area contributed by atoms with E-state index < -0.39 is 0 Å². The van der Waals surface area contributed by atoms with Crippen LogP contribution in [0.5, 0.6) is 0 Å². The highest BCUT2D eigenvalue weighted by atomic mass is 16.2. The predicted octanol–water partition coefficient (Wildman–Crippen LogP) is 2.08. The number of aromatic nitrogens is 4. The lowest BCUT2D eigenvalue weighted by Gasteiger charge is -2.26. The molecule has 1 saturated carbocycles. The van der Waals surface area contributed by atoms with Crippen molar-refractivity contribution in [3.8, 4) is 0 Å². The second-order valence-corrected chi connectivity index (χ2v) is 6.07. The van der Waals surface area contributed by atoms with E-state index in [1.807, 2.05) is 10.6 Å². The number of pyridine rings is 1. The molecule has 6 heteroatoms. The molecule has 1 N–H and O–H groups in total. The monoisotopic (exact) mass is 298 g/mol. The molecule has 1 aliphatic carbocycles. The van der Waals surface area contributed by atoms with Crippen LogP contribution in [-0.4, -0.2) is 19.1 Å². The van der Waals surface area contributed by atoms with E-state index >= 15 is 0 Å². The van der Waals surface area contributed by atoms with Crippen LogP contribution in [0.4, 0.5) is 0 Å². The fraction of sp³-hybridized carbons (Fsp3) is 0.438. The Bertz CT molecular complexity index is 973. The molecule has 0 atom stereocenters. The van der Waals surface area contributed by atoms with Crippen molar-refractivity contribution < 1.29 is 0 Å². The van der Waals surface area contributed by atoms with Gasteiger partial charge in [-0.2, -0.15) is 0 Å². The van der Waals surface area contributed by atoms with E-state index in [0.29, 0.717) is 11.0 Å². The van der Waals surface area contributed by atoms with Gasteiger partial charge >= 0.3 is 5.69 Å². The van der Waals surface area contributed by atoms with Crippen molar-refractivity contribution in [2.75, 3.05) is 0 Å². The number of hydrogen-bond acceptors (Lipinski definition) is 3. The minimum absolute atomic E-state index is 0.163. The average molecular weight is 298 g/mol. The largest absolute Gasteiger partial charge is 0.346 e. The van der Waals surface area contributed by atoms with E-state index in [0.717, 1.165) is 36.6 Å². The first-order valence-corrected chi connectivity index (χ1v) is 7.76. The van der Waals surface area contributed by atoms with Crippen molar-refractivity contribution in [1.29, 1.82) is 0 Å². The van der Waals surface area contributed by atoms with Crippen molar-refractivity contribution in [3.05, 3.63) is 39.3 Å². The predicted molar refractivity (Wildman–Crippen MR) is 85.2 cm³/mol. The van der Waals surface area contributed by atoms with E-state index in [2.05, 4.69) is 9.97 Å². The lowest BCUT2D eigenvalue weighted by molar-refractivity contribution is 0.346. The van der Waals surface area contributed by atoms with Crippen LogP contribution in [0.1, 0.15) is 38.1 Å². The van der Waals surface area contributed by atoms with Gasteiger partial charge in [-0.05, 0) is 18.9 Å². The fourth-order valence-corrected chi connectivity index (χ4v) is 3.61. The third-order valence-electron chi connectivity index (χ3n) is 4.77. The highest BCUT2D eigenvalue weighted by molar-refractivity contribution is 6.01. The van der Waals surface area contributed by atoms with Gasteiger partial charge in [0, 0.05) is 30.9 Å². The molecular formula is C16H18N4O2. The van der Waals surface area contributed by atoms with E-state index in [1.54, 1.807) is 19.4 Å². The van der Waals surface area contributed by atoms with Gasteiger partial charge in [0.25, 0.3) is 5.56 Å². The number of H-pyrrole nitrogens is 1. The normalized spacial score (nSPS) is 16.6. The molecule has 0 saturated heterocycles. The van der Waals surface area contributed by atoms with Crippen molar-refractivity contribution >= 4 is 21.9 Å². The second kappa shape index (κ2) is 4.83. The molecular weight excluding hydrogens is 280 g/mol. The van der Waals surface area contributed by atoms with Crippen LogP contribution in [0, 0.1) is 0 Å². The molecule has 3 aromatic rings. The standard InChI is InChI=1S/C16H18N4O2/c1-19-15(21)12-9-18-14-11(7-8-17-14)13(12)20(16(19)22)10-5-3-2-4-6-10/h7-10H,2-6H2,1H3,(H,17,18). The van der Waals surface area contributed by atoms with Crippen LogP contribution in [0.2, 0.25) is 0 Å². The summed E-state index contributed by atoms with van der Waals surface area (Å²) in [5, 5.41) is 1.36. The minimum atomic E-state index is -0.275. The average Bonchev–Trinajstić information content (AvgIpc) is 3.02. The Labute approximate surface area is 126 Å². The van der Waals surface area contributed by atoms with Gasteiger partial charge in [0.05, 0.1) is 10.9 Å². The molecule has 4 rings (SSSR count). The number of fused-ring (bicyclic) bond motifs is 3. The Morgan fingerprint density at radius 2 is 1.95 bits per heavy atom. The van der Waals surface area contributed by atoms with Crippen molar-refractivity contribution in [3.63, 3.8) is 0 Å². The van der Waals surface area contributed by atoms with E-state index in [-0.39, 0.29) is 17.3 Å². The molecule has 3 aromatic heterocycles. The summed E-state index contributed by atoms with van der Waals surface area (Å²) in [5.41, 5.74) is 0.941. The third kappa shape index (κ3) is 1.76. The first-order chi connectivity index (χ1) is 10.7. The van der Waals surface area contributed by atoms with Crippen molar-refractivity contribution in [2.24, 2.45) is 7.05 Å². The maximum atomic E-state index is 12.8. The van der Waals surface area contributed by atoms with Crippen LogP contribution in [-0.2, 0) is 7.05 Å². The summed E-state index contributed by atoms with van der Waals surface area (Å²) in [7, 11) is 1.55. The zero-order valence-electron chi connectivity index (χ0n) is 12.5. The highest BCUT2D eigenvalue weighted by Gasteiger charge is 2.22. The Morgan fingerprint density at radius 3 is 2.73 bits per heavy atom. The number of aromatic amines is 1. The van der Waals surface area contributed by atoms with Gasteiger partial charge in [0.2, 0.25) is 0 Å². The zero-order chi connectivity index (χ0) is 15.3.